The molecule has 2 heteroatoms. The standard InChI is InChI=1S/C59H37NO/c1-2-17-38(18-3-1)42-21-10-14-30-55(42)60(56-31-16-27-48-47-26-11-15-32-57(47)61-58(48)56)41-33-34-53-50(37-41)44-23-7-6-22-43(44)45-24-8-12-28-51(45)59(53)52-29-13-9-25-46(52)49-35-39-19-4-5-20-40(39)36-54(49)59/h1-37H. The van der Waals surface area contributed by atoms with E-state index in [1.165, 1.54) is 66.4 Å². The highest BCUT2D eigenvalue weighted by Crippen LogP contribution is 2.62. The third-order valence-corrected chi connectivity index (χ3v) is 13.3. The number of rotatable bonds is 4. The molecule has 1 unspecified atom stereocenters. The fourth-order valence-corrected chi connectivity index (χ4v) is 10.8. The molecule has 1 aromatic heterocycles. The molecule has 0 bridgehead atoms. The van der Waals surface area contributed by atoms with E-state index in [9.17, 15) is 0 Å². The summed E-state index contributed by atoms with van der Waals surface area (Å²) in [5, 5.41) is 4.70. The number of hydrogen-bond acceptors (Lipinski definition) is 2. The van der Waals surface area contributed by atoms with Crippen LogP contribution in [-0.2, 0) is 5.41 Å². The lowest BCUT2D eigenvalue weighted by Gasteiger charge is -2.36. The first-order valence-corrected chi connectivity index (χ1v) is 21.1. The maximum absolute atomic E-state index is 6.83. The van der Waals surface area contributed by atoms with E-state index in [1.807, 2.05) is 6.07 Å². The third-order valence-electron chi connectivity index (χ3n) is 13.3. The van der Waals surface area contributed by atoms with Crippen molar-refractivity contribution in [2.75, 3.05) is 4.90 Å². The molecule has 13 rings (SSSR count). The Bertz CT molecular complexity index is 3560. The van der Waals surface area contributed by atoms with Crippen LogP contribution in [-0.4, -0.2) is 0 Å². The lowest BCUT2D eigenvalue weighted by Crippen LogP contribution is -2.29. The first kappa shape index (κ1) is 34.0. The Morgan fingerprint density at radius 3 is 1.66 bits per heavy atom. The van der Waals surface area contributed by atoms with Gasteiger partial charge >= 0.3 is 0 Å². The van der Waals surface area contributed by atoms with Crippen LogP contribution >= 0.6 is 0 Å². The molecule has 10 aromatic carbocycles. The molecule has 0 radical (unpaired) electrons. The maximum Gasteiger partial charge on any atom is 0.159 e. The Labute approximate surface area is 354 Å². The van der Waals surface area contributed by atoms with E-state index in [0.717, 1.165) is 50.1 Å². The van der Waals surface area contributed by atoms with E-state index in [1.54, 1.807) is 0 Å². The van der Waals surface area contributed by atoms with Gasteiger partial charge in [-0.05, 0) is 114 Å². The molecule has 1 heterocycles. The normalized spacial score (nSPS) is 14.6. The molecule has 0 amide bonds. The van der Waals surface area contributed by atoms with Gasteiger partial charge in [-0.15, -0.1) is 0 Å². The van der Waals surface area contributed by atoms with E-state index < -0.39 is 5.41 Å². The fraction of sp³-hybridized carbons (Fsp3) is 0.0169. The van der Waals surface area contributed by atoms with Crippen LogP contribution in [0, 0.1) is 0 Å². The van der Waals surface area contributed by atoms with Gasteiger partial charge in [-0.3, -0.25) is 0 Å². The van der Waals surface area contributed by atoms with Crippen molar-refractivity contribution in [3.05, 3.63) is 247 Å². The second kappa shape index (κ2) is 13.0. The van der Waals surface area contributed by atoms with Gasteiger partial charge in [0.25, 0.3) is 0 Å². The quantitative estimate of drug-likeness (QED) is 0.177. The molecule has 2 aliphatic rings. The van der Waals surface area contributed by atoms with Crippen molar-refractivity contribution < 1.29 is 4.42 Å². The molecular weight excluding hydrogens is 739 g/mol. The van der Waals surface area contributed by atoms with Crippen LogP contribution < -0.4 is 4.90 Å². The Kier molecular flexibility index (Phi) is 7.26. The van der Waals surface area contributed by atoms with Gasteiger partial charge in [0.1, 0.15) is 5.58 Å². The molecule has 0 saturated carbocycles. The van der Waals surface area contributed by atoms with E-state index in [2.05, 4.69) is 223 Å². The van der Waals surface area contributed by atoms with Gasteiger partial charge < -0.3 is 9.32 Å². The van der Waals surface area contributed by atoms with Crippen molar-refractivity contribution >= 4 is 49.8 Å². The minimum absolute atomic E-state index is 0.592. The Balaban J connectivity index is 1.16. The Morgan fingerprint density at radius 2 is 0.869 bits per heavy atom. The van der Waals surface area contributed by atoms with Gasteiger partial charge in [0.15, 0.2) is 5.58 Å². The van der Waals surface area contributed by atoms with Crippen LogP contribution in [0.15, 0.2) is 229 Å². The largest absolute Gasteiger partial charge is 0.454 e. The number of nitrogens with zero attached hydrogens (tertiary/aromatic N) is 1. The van der Waals surface area contributed by atoms with E-state index in [0.29, 0.717) is 0 Å². The van der Waals surface area contributed by atoms with Crippen LogP contribution in [0.5, 0.6) is 0 Å². The van der Waals surface area contributed by atoms with Gasteiger partial charge in [-0.1, -0.05) is 182 Å². The molecule has 0 fully saturated rings. The van der Waals surface area contributed by atoms with Crippen molar-refractivity contribution in [3.8, 4) is 44.5 Å². The molecular formula is C59H37NO. The van der Waals surface area contributed by atoms with Crippen molar-refractivity contribution in [2.24, 2.45) is 0 Å². The summed E-state index contributed by atoms with van der Waals surface area (Å²) in [5.74, 6) is 0. The first-order chi connectivity index (χ1) is 30.3. The summed E-state index contributed by atoms with van der Waals surface area (Å²) in [6.07, 6.45) is 0. The Morgan fingerprint density at radius 1 is 0.328 bits per heavy atom. The summed E-state index contributed by atoms with van der Waals surface area (Å²) in [4.78, 5) is 2.42. The van der Waals surface area contributed by atoms with Crippen molar-refractivity contribution in [3.63, 3.8) is 0 Å². The summed E-state index contributed by atoms with van der Waals surface area (Å²) in [7, 11) is 0. The summed E-state index contributed by atoms with van der Waals surface area (Å²) >= 11 is 0. The smallest absolute Gasteiger partial charge is 0.159 e. The highest BCUT2D eigenvalue weighted by atomic mass is 16.3. The predicted molar refractivity (Wildman–Crippen MR) is 253 cm³/mol. The molecule has 2 aliphatic carbocycles. The molecule has 61 heavy (non-hydrogen) atoms. The zero-order valence-corrected chi connectivity index (χ0v) is 33.2. The SMILES string of the molecule is c1ccc(-c2ccccc2N(c2ccc3c(c2)-c2ccccc2-c2ccccc2C32c3ccccc3-c3cc4ccccc4cc32)c2cccc3c2oc2ccccc23)cc1. The molecule has 1 spiro atoms. The van der Waals surface area contributed by atoms with Gasteiger partial charge in [0.05, 0.1) is 16.8 Å². The monoisotopic (exact) mass is 775 g/mol. The van der Waals surface area contributed by atoms with E-state index in [-0.39, 0.29) is 0 Å². The maximum atomic E-state index is 6.83. The second-order valence-electron chi connectivity index (χ2n) is 16.3. The third kappa shape index (κ3) is 4.79. The van der Waals surface area contributed by atoms with Crippen LogP contribution in [0.3, 0.4) is 0 Å². The second-order valence-corrected chi connectivity index (χ2v) is 16.3. The number of fused-ring (bicyclic) bond motifs is 16. The number of benzene rings is 10. The minimum Gasteiger partial charge on any atom is -0.454 e. The highest BCUT2D eigenvalue weighted by molar-refractivity contribution is 6.11. The molecule has 2 nitrogen and oxygen atoms in total. The zero-order valence-electron chi connectivity index (χ0n) is 33.2. The molecule has 1 atom stereocenters. The zero-order chi connectivity index (χ0) is 40.1. The van der Waals surface area contributed by atoms with Crippen LogP contribution in [0.1, 0.15) is 22.3 Å². The lowest BCUT2D eigenvalue weighted by molar-refractivity contribution is 0.669. The van der Waals surface area contributed by atoms with Gasteiger partial charge in [0.2, 0.25) is 0 Å². The molecule has 284 valence electrons. The predicted octanol–water partition coefficient (Wildman–Crippen LogP) is 15.9. The first-order valence-electron chi connectivity index (χ1n) is 21.1. The van der Waals surface area contributed by atoms with Crippen molar-refractivity contribution in [2.45, 2.75) is 5.41 Å². The van der Waals surface area contributed by atoms with Crippen LogP contribution in [0.25, 0.3) is 77.2 Å². The Hall–Kier alpha value is -7.94. The number of para-hydroxylation sites is 3. The summed E-state index contributed by atoms with van der Waals surface area (Å²) in [5.41, 5.74) is 19.2. The topological polar surface area (TPSA) is 16.4 Å². The van der Waals surface area contributed by atoms with Gasteiger partial charge in [-0.2, -0.15) is 0 Å². The molecule has 0 saturated heterocycles. The number of furan rings is 1. The van der Waals surface area contributed by atoms with E-state index >= 15 is 0 Å². The van der Waals surface area contributed by atoms with Gasteiger partial charge in [0, 0.05) is 22.0 Å². The minimum atomic E-state index is -0.592. The fourth-order valence-electron chi connectivity index (χ4n) is 10.8. The molecule has 0 aliphatic heterocycles. The summed E-state index contributed by atoms with van der Waals surface area (Å²) < 4.78 is 6.83. The average molecular weight is 776 g/mol. The lowest BCUT2D eigenvalue weighted by atomic mass is 9.65. The summed E-state index contributed by atoms with van der Waals surface area (Å²) in [6.45, 7) is 0. The van der Waals surface area contributed by atoms with Crippen LogP contribution in [0.4, 0.5) is 17.1 Å². The number of hydrogen-bond donors (Lipinski definition) is 0. The van der Waals surface area contributed by atoms with Gasteiger partial charge in [-0.25, -0.2) is 0 Å². The average Bonchev–Trinajstić information content (AvgIpc) is 3.82. The molecule has 11 aromatic rings. The van der Waals surface area contributed by atoms with Crippen molar-refractivity contribution in [1.29, 1.82) is 0 Å². The van der Waals surface area contributed by atoms with Crippen LogP contribution in [0.2, 0.25) is 0 Å². The number of anilines is 3. The highest BCUT2D eigenvalue weighted by Gasteiger charge is 2.50. The van der Waals surface area contributed by atoms with Crippen molar-refractivity contribution in [1.82, 2.24) is 0 Å². The summed E-state index contributed by atoms with van der Waals surface area (Å²) in [6, 6.07) is 82.6. The van der Waals surface area contributed by atoms with E-state index in [4.69, 9.17) is 4.42 Å². The molecule has 0 N–H and O–H groups in total.